The Hall–Kier alpha value is -1.40. The SMILES string of the molecule is CCCCCCCCCCCCC(CN(CCCCCCCC(=O)OCC(CCCCCCCC)CCCCCCCCCC)CCn1ccnc1C)OC. The molecule has 0 fully saturated rings. The van der Waals surface area contributed by atoms with E-state index in [2.05, 4.69) is 48.3 Å². The zero-order chi connectivity index (χ0) is 39.9. The third-order valence-corrected chi connectivity index (χ3v) is 12.0. The fourth-order valence-corrected chi connectivity index (χ4v) is 8.12. The van der Waals surface area contributed by atoms with Crippen LogP contribution in [0.1, 0.15) is 238 Å². The Kier molecular flexibility index (Phi) is 37.0. The first-order chi connectivity index (χ1) is 27.0. The van der Waals surface area contributed by atoms with Crippen LogP contribution >= 0.6 is 0 Å². The number of hydrogen-bond donors (Lipinski definition) is 0. The lowest BCUT2D eigenvalue weighted by atomic mass is 9.94. The fourth-order valence-electron chi connectivity index (χ4n) is 8.12. The molecule has 2 unspecified atom stereocenters. The minimum Gasteiger partial charge on any atom is -0.465 e. The Labute approximate surface area is 343 Å². The van der Waals surface area contributed by atoms with Crippen molar-refractivity contribution in [2.45, 2.75) is 252 Å². The summed E-state index contributed by atoms with van der Waals surface area (Å²) in [5.41, 5.74) is 0. The molecule has 0 aliphatic rings. The molecular formula is C49H95N3O3. The third kappa shape index (κ3) is 32.3. The van der Waals surface area contributed by atoms with Gasteiger partial charge in [0.1, 0.15) is 5.82 Å². The number of aryl methyl sites for hydroxylation is 1. The number of carbonyl (C=O) groups is 1. The van der Waals surface area contributed by atoms with Crippen molar-refractivity contribution in [1.29, 1.82) is 0 Å². The number of ether oxygens (including phenoxy) is 2. The molecule has 0 aromatic carbocycles. The van der Waals surface area contributed by atoms with Crippen LogP contribution in [0.4, 0.5) is 0 Å². The van der Waals surface area contributed by atoms with Crippen molar-refractivity contribution < 1.29 is 14.3 Å². The molecule has 1 aromatic rings. The van der Waals surface area contributed by atoms with Crippen LogP contribution in [-0.2, 0) is 20.8 Å². The van der Waals surface area contributed by atoms with E-state index in [4.69, 9.17) is 9.47 Å². The highest BCUT2D eigenvalue weighted by Crippen LogP contribution is 2.21. The van der Waals surface area contributed by atoms with Crippen molar-refractivity contribution in [3.05, 3.63) is 18.2 Å². The van der Waals surface area contributed by atoms with Crippen LogP contribution in [0.3, 0.4) is 0 Å². The normalized spacial score (nSPS) is 12.8. The molecule has 1 rings (SSSR count). The number of carbonyl (C=O) groups excluding carboxylic acids is 1. The van der Waals surface area contributed by atoms with Crippen LogP contribution < -0.4 is 0 Å². The third-order valence-electron chi connectivity index (χ3n) is 12.0. The molecule has 0 saturated carbocycles. The van der Waals surface area contributed by atoms with Gasteiger partial charge in [-0.3, -0.25) is 9.69 Å². The number of rotatable bonds is 43. The maximum Gasteiger partial charge on any atom is 0.305 e. The fraction of sp³-hybridized carbons (Fsp3) is 0.918. The zero-order valence-electron chi connectivity index (χ0n) is 37.7. The Balaban J connectivity index is 2.35. The van der Waals surface area contributed by atoms with E-state index in [1.54, 1.807) is 0 Å². The van der Waals surface area contributed by atoms with Crippen molar-refractivity contribution >= 4 is 5.97 Å². The van der Waals surface area contributed by atoms with Crippen molar-refractivity contribution in [1.82, 2.24) is 14.5 Å². The van der Waals surface area contributed by atoms with E-state index in [9.17, 15) is 4.79 Å². The average molecular weight is 774 g/mol. The number of esters is 1. The monoisotopic (exact) mass is 774 g/mol. The summed E-state index contributed by atoms with van der Waals surface area (Å²) < 4.78 is 14.2. The Morgan fingerprint density at radius 1 is 0.618 bits per heavy atom. The van der Waals surface area contributed by atoms with Crippen molar-refractivity contribution in [2.75, 3.05) is 33.4 Å². The van der Waals surface area contributed by atoms with Crippen molar-refractivity contribution in [3.63, 3.8) is 0 Å². The van der Waals surface area contributed by atoms with E-state index in [0.717, 1.165) is 51.3 Å². The van der Waals surface area contributed by atoms with Gasteiger partial charge in [-0.1, -0.05) is 194 Å². The summed E-state index contributed by atoms with van der Waals surface area (Å²) in [5.74, 6) is 1.66. The summed E-state index contributed by atoms with van der Waals surface area (Å²) in [6, 6.07) is 0. The molecule has 0 aliphatic heterocycles. The molecule has 324 valence electrons. The maximum absolute atomic E-state index is 12.7. The number of nitrogens with zero attached hydrogens (tertiary/aromatic N) is 3. The molecule has 0 radical (unpaired) electrons. The van der Waals surface area contributed by atoms with E-state index >= 15 is 0 Å². The van der Waals surface area contributed by atoms with Gasteiger partial charge in [-0.05, 0) is 51.5 Å². The van der Waals surface area contributed by atoms with Gasteiger partial charge in [0, 0.05) is 45.6 Å². The molecule has 0 amide bonds. The molecule has 0 saturated heterocycles. The van der Waals surface area contributed by atoms with Crippen molar-refractivity contribution in [2.24, 2.45) is 5.92 Å². The lowest BCUT2D eigenvalue weighted by Crippen LogP contribution is -2.36. The lowest BCUT2D eigenvalue weighted by Gasteiger charge is -2.27. The standard InChI is InChI=1S/C49H95N3O3/c1-6-9-12-15-18-20-21-23-27-32-37-48(54-5)44-51(42-43-52-41-39-50-46(52)4)40-34-29-24-28-33-38-49(53)55-45-47(35-30-25-17-14-11-8-3)36-31-26-22-19-16-13-10-7-2/h39,41,47-48H,6-38,40,42-45H2,1-5H3. The Bertz CT molecular complexity index is 936. The van der Waals surface area contributed by atoms with Crippen LogP contribution in [0.15, 0.2) is 12.4 Å². The van der Waals surface area contributed by atoms with E-state index in [1.807, 2.05) is 13.3 Å². The number of methoxy groups -OCH3 is 1. The van der Waals surface area contributed by atoms with Gasteiger partial charge in [-0.15, -0.1) is 0 Å². The van der Waals surface area contributed by atoms with Gasteiger partial charge >= 0.3 is 5.97 Å². The lowest BCUT2D eigenvalue weighted by molar-refractivity contribution is -0.145. The Morgan fingerprint density at radius 3 is 1.55 bits per heavy atom. The maximum atomic E-state index is 12.7. The molecule has 6 nitrogen and oxygen atoms in total. The molecular weight excluding hydrogens is 679 g/mol. The van der Waals surface area contributed by atoms with Gasteiger partial charge in [-0.25, -0.2) is 4.98 Å². The largest absolute Gasteiger partial charge is 0.465 e. The highest BCUT2D eigenvalue weighted by Gasteiger charge is 2.15. The first-order valence-electron chi connectivity index (χ1n) is 24.4. The number of imidazole rings is 1. The molecule has 0 spiro atoms. The topological polar surface area (TPSA) is 56.6 Å². The predicted octanol–water partition coefficient (Wildman–Crippen LogP) is 14.6. The number of unbranched alkanes of at least 4 members (excludes halogenated alkanes) is 25. The van der Waals surface area contributed by atoms with Crippen LogP contribution in [0.2, 0.25) is 0 Å². The summed E-state index contributed by atoms with van der Waals surface area (Å²) in [6.45, 7) is 13.7. The summed E-state index contributed by atoms with van der Waals surface area (Å²) in [5, 5.41) is 0. The molecule has 2 atom stereocenters. The molecule has 0 bridgehead atoms. The smallest absolute Gasteiger partial charge is 0.305 e. The molecule has 0 aliphatic carbocycles. The van der Waals surface area contributed by atoms with Crippen LogP contribution in [-0.4, -0.2) is 59.9 Å². The van der Waals surface area contributed by atoms with Crippen LogP contribution in [0.25, 0.3) is 0 Å². The Morgan fingerprint density at radius 2 is 1.07 bits per heavy atom. The zero-order valence-corrected chi connectivity index (χ0v) is 37.7. The van der Waals surface area contributed by atoms with E-state index in [0.29, 0.717) is 25.0 Å². The molecule has 6 heteroatoms. The predicted molar refractivity (Wildman–Crippen MR) is 238 cm³/mol. The van der Waals surface area contributed by atoms with Gasteiger partial charge in [0.05, 0.1) is 12.7 Å². The van der Waals surface area contributed by atoms with Crippen LogP contribution in [0.5, 0.6) is 0 Å². The van der Waals surface area contributed by atoms with Crippen molar-refractivity contribution in [3.8, 4) is 0 Å². The van der Waals surface area contributed by atoms with Gasteiger partial charge in [0.15, 0.2) is 0 Å². The summed E-state index contributed by atoms with van der Waals surface area (Å²) >= 11 is 0. The number of aromatic nitrogens is 2. The summed E-state index contributed by atoms with van der Waals surface area (Å²) in [6.07, 6.45) is 46.8. The van der Waals surface area contributed by atoms with Gasteiger partial charge in [0.2, 0.25) is 0 Å². The van der Waals surface area contributed by atoms with Gasteiger partial charge in [-0.2, -0.15) is 0 Å². The second-order valence-corrected chi connectivity index (χ2v) is 17.2. The van der Waals surface area contributed by atoms with Gasteiger partial charge < -0.3 is 14.0 Å². The molecule has 0 N–H and O–H groups in total. The van der Waals surface area contributed by atoms with Gasteiger partial charge in [0.25, 0.3) is 0 Å². The first kappa shape index (κ1) is 51.6. The number of hydrogen-bond acceptors (Lipinski definition) is 5. The highest BCUT2D eigenvalue weighted by atomic mass is 16.5. The molecule has 1 aromatic heterocycles. The minimum atomic E-state index is 0.0258. The molecule has 55 heavy (non-hydrogen) atoms. The van der Waals surface area contributed by atoms with E-state index in [-0.39, 0.29) is 5.97 Å². The second-order valence-electron chi connectivity index (χ2n) is 17.2. The average Bonchev–Trinajstić information content (AvgIpc) is 3.61. The highest BCUT2D eigenvalue weighted by molar-refractivity contribution is 5.69. The van der Waals surface area contributed by atoms with Crippen LogP contribution in [0, 0.1) is 12.8 Å². The van der Waals surface area contributed by atoms with E-state index < -0.39 is 0 Å². The summed E-state index contributed by atoms with van der Waals surface area (Å²) in [4.78, 5) is 19.8. The van der Waals surface area contributed by atoms with E-state index in [1.165, 1.54) is 186 Å². The second kappa shape index (κ2) is 39.4. The quantitative estimate of drug-likeness (QED) is 0.0489. The minimum absolute atomic E-state index is 0.0258. The summed E-state index contributed by atoms with van der Waals surface area (Å²) in [7, 11) is 1.90. The first-order valence-corrected chi connectivity index (χ1v) is 24.4. The molecule has 1 heterocycles.